The molecule has 0 aliphatic rings. The van der Waals surface area contributed by atoms with E-state index in [0.29, 0.717) is 11.4 Å². The normalized spacial score (nSPS) is 9.92. The van der Waals surface area contributed by atoms with E-state index in [-0.39, 0.29) is 11.8 Å². The van der Waals surface area contributed by atoms with Crippen molar-refractivity contribution in [3.63, 3.8) is 0 Å². The molecule has 2 aromatic rings. The average Bonchev–Trinajstić information content (AvgIpc) is 2.53. The largest absolute Gasteiger partial charge is 0.326 e. The van der Waals surface area contributed by atoms with Gasteiger partial charge in [0.15, 0.2) is 0 Å². The lowest BCUT2D eigenvalue weighted by atomic mass is 10.3. The minimum atomic E-state index is -0.755. The first-order valence-corrected chi connectivity index (χ1v) is 8.27. The molecule has 0 radical (unpaired) electrons. The van der Waals surface area contributed by atoms with Crippen LogP contribution in [0, 0.1) is 11.5 Å². The van der Waals surface area contributed by atoms with Gasteiger partial charge >= 0.3 is 0 Å². The summed E-state index contributed by atoms with van der Waals surface area (Å²) >= 11 is 0. The van der Waals surface area contributed by atoms with Crippen LogP contribution in [-0.2, 0) is 20.3 Å². The summed E-state index contributed by atoms with van der Waals surface area (Å²) in [4.78, 5) is 23.8. The van der Waals surface area contributed by atoms with Crippen LogP contribution in [0.25, 0.3) is 0 Å². The standard InChI is InChI=1S/C17H16N4O2S/c1-12(22)20-14-3-7-16(8-4-14)24(19-11-18)17-9-5-15(6-10-17)21-13(2)23/h3-10H,1-2H3,(H,20,22)(H,21,23). The van der Waals surface area contributed by atoms with Gasteiger partial charge in [0.1, 0.15) is 0 Å². The average molecular weight is 340 g/mol. The molecular weight excluding hydrogens is 324 g/mol. The Labute approximate surface area is 142 Å². The third-order valence-electron chi connectivity index (χ3n) is 2.93. The highest BCUT2D eigenvalue weighted by atomic mass is 32.2. The van der Waals surface area contributed by atoms with Crippen molar-refractivity contribution in [1.82, 2.24) is 0 Å². The number of amides is 2. The van der Waals surface area contributed by atoms with Crippen molar-refractivity contribution in [2.75, 3.05) is 10.6 Å². The van der Waals surface area contributed by atoms with Crippen LogP contribution < -0.4 is 10.6 Å². The number of nitrogens with one attached hydrogen (secondary N) is 2. The molecule has 7 heteroatoms. The summed E-state index contributed by atoms with van der Waals surface area (Å²) in [7, 11) is -0.755. The molecular formula is C17H16N4O2S. The maximum atomic E-state index is 11.1. The predicted octanol–water partition coefficient (Wildman–Crippen LogP) is 3.30. The highest BCUT2D eigenvalue weighted by molar-refractivity contribution is 7.87. The van der Waals surface area contributed by atoms with E-state index in [1.165, 1.54) is 13.8 Å². The Kier molecular flexibility index (Phi) is 5.82. The fraction of sp³-hybridized carbons (Fsp3) is 0.118. The van der Waals surface area contributed by atoms with Crippen LogP contribution in [0.5, 0.6) is 0 Å². The van der Waals surface area contributed by atoms with Crippen LogP contribution in [0.15, 0.2) is 62.7 Å². The van der Waals surface area contributed by atoms with Gasteiger partial charge in [-0.05, 0) is 59.2 Å². The molecule has 0 aliphatic carbocycles. The van der Waals surface area contributed by atoms with Crippen molar-refractivity contribution in [1.29, 1.82) is 5.26 Å². The van der Waals surface area contributed by atoms with Gasteiger partial charge in [0, 0.05) is 35.0 Å². The highest BCUT2D eigenvalue weighted by Gasteiger charge is 2.07. The summed E-state index contributed by atoms with van der Waals surface area (Å²) in [5.74, 6) is -0.283. The van der Waals surface area contributed by atoms with E-state index >= 15 is 0 Å². The molecule has 0 aliphatic heterocycles. The molecule has 6 nitrogen and oxygen atoms in total. The molecule has 0 aromatic heterocycles. The molecule has 0 saturated heterocycles. The van der Waals surface area contributed by atoms with Gasteiger partial charge in [-0.15, -0.1) is 4.36 Å². The molecule has 0 saturated carbocycles. The van der Waals surface area contributed by atoms with E-state index in [2.05, 4.69) is 15.0 Å². The summed E-state index contributed by atoms with van der Waals surface area (Å²) in [6.45, 7) is 2.89. The molecule has 0 fully saturated rings. The van der Waals surface area contributed by atoms with E-state index in [4.69, 9.17) is 5.26 Å². The van der Waals surface area contributed by atoms with E-state index in [1.54, 1.807) is 24.3 Å². The number of rotatable bonds is 4. The van der Waals surface area contributed by atoms with Crippen LogP contribution in [0.4, 0.5) is 11.4 Å². The van der Waals surface area contributed by atoms with Gasteiger partial charge in [0.2, 0.25) is 18.0 Å². The minimum absolute atomic E-state index is 0.142. The zero-order chi connectivity index (χ0) is 17.5. The SMILES string of the molecule is CC(=O)Nc1ccc(S(=NC#N)c2ccc(NC(C)=O)cc2)cc1. The summed E-state index contributed by atoms with van der Waals surface area (Å²) in [6.07, 6.45) is 1.86. The van der Waals surface area contributed by atoms with Gasteiger partial charge in [-0.2, -0.15) is 5.26 Å². The number of anilines is 2. The van der Waals surface area contributed by atoms with Gasteiger partial charge in [0.25, 0.3) is 0 Å². The molecule has 2 aromatic carbocycles. The molecule has 0 atom stereocenters. The Morgan fingerprint density at radius 1 is 0.875 bits per heavy atom. The first-order valence-electron chi connectivity index (χ1n) is 7.09. The van der Waals surface area contributed by atoms with Crippen LogP contribution >= 0.6 is 0 Å². The summed E-state index contributed by atoms with van der Waals surface area (Å²) in [5, 5.41) is 14.4. The number of nitrogens with zero attached hydrogens (tertiary/aromatic N) is 2. The number of nitriles is 1. The van der Waals surface area contributed by atoms with E-state index < -0.39 is 10.7 Å². The molecule has 2 amide bonds. The number of benzene rings is 2. The zero-order valence-corrected chi connectivity index (χ0v) is 14.1. The second-order valence-electron chi connectivity index (χ2n) is 4.89. The van der Waals surface area contributed by atoms with Crippen molar-refractivity contribution >= 4 is 33.9 Å². The lowest BCUT2D eigenvalue weighted by Crippen LogP contribution is -2.06. The topological polar surface area (TPSA) is 94.3 Å². The van der Waals surface area contributed by atoms with E-state index in [0.717, 1.165) is 9.79 Å². The molecule has 2 rings (SSSR count). The lowest BCUT2D eigenvalue weighted by molar-refractivity contribution is -0.115. The van der Waals surface area contributed by atoms with Crippen LogP contribution in [0.2, 0.25) is 0 Å². The maximum Gasteiger partial charge on any atom is 0.221 e. The predicted molar refractivity (Wildman–Crippen MR) is 93.4 cm³/mol. The lowest BCUT2D eigenvalue weighted by Gasteiger charge is -2.09. The van der Waals surface area contributed by atoms with Crippen molar-refractivity contribution in [2.45, 2.75) is 23.6 Å². The minimum Gasteiger partial charge on any atom is -0.326 e. The van der Waals surface area contributed by atoms with Crippen LogP contribution in [-0.4, -0.2) is 11.8 Å². The van der Waals surface area contributed by atoms with E-state index in [9.17, 15) is 9.59 Å². The zero-order valence-electron chi connectivity index (χ0n) is 13.2. The van der Waals surface area contributed by atoms with Crippen LogP contribution in [0.1, 0.15) is 13.8 Å². The maximum absolute atomic E-state index is 11.1. The Balaban J connectivity index is 2.30. The third-order valence-corrected chi connectivity index (χ3v) is 4.63. The summed E-state index contributed by atoms with van der Waals surface area (Å²) < 4.78 is 4.00. The molecule has 0 spiro atoms. The van der Waals surface area contributed by atoms with Crippen molar-refractivity contribution in [3.8, 4) is 6.19 Å². The summed E-state index contributed by atoms with van der Waals surface area (Å²) in [6, 6.07) is 14.4. The molecule has 2 N–H and O–H groups in total. The number of carbonyl (C=O) groups is 2. The fourth-order valence-corrected chi connectivity index (χ4v) is 3.38. The molecule has 24 heavy (non-hydrogen) atoms. The van der Waals surface area contributed by atoms with Crippen molar-refractivity contribution in [2.24, 2.45) is 4.36 Å². The Hall–Kier alpha value is -2.98. The molecule has 0 bridgehead atoms. The second kappa shape index (κ2) is 8.04. The van der Waals surface area contributed by atoms with Gasteiger partial charge in [-0.1, -0.05) is 0 Å². The van der Waals surface area contributed by atoms with Gasteiger partial charge in [-0.3, -0.25) is 9.59 Å². The Morgan fingerprint density at radius 2 is 1.25 bits per heavy atom. The highest BCUT2D eigenvalue weighted by Crippen LogP contribution is 2.22. The van der Waals surface area contributed by atoms with E-state index in [1.807, 2.05) is 30.5 Å². The van der Waals surface area contributed by atoms with Crippen molar-refractivity contribution in [3.05, 3.63) is 48.5 Å². The van der Waals surface area contributed by atoms with Gasteiger partial charge in [-0.25, -0.2) is 0 Å². The molecule has 0 heterocycles. The monoisotopic (exact) mass is 340 g/mol. The quantitative estimate of drug-likeness (QED) is 0.836. The first kappa shape index (κ1) is 17.4. The number of hydrogen-bond donors (Lipinski definition) is 2. The molecule has 122 valence electrons. The Bertz CT molecular complexity index is 760. The number of hydrogen-bond acceptors (Lipinski definition) is 4. The van der Waals surface area contributed by atoms with Gasteiger partial charge in [0.05, 0.1) is 0 Å². The first-order chi connectivity index (χ1) is 11.5. The van der Waals surface area contributed by atoms with Crippen molar-refractivity contribution < 1.29 is 9.59 Å². The summed E-state index contributed by atoms with van der Waals surface area (Å²) in [5.41, 5.74) is 1.38. The second-order valence-corrected chi connectivity index (χ2v) is 6.58. The molecule has 0 unspecified atom stereocenters. The van der Waals surface area contributed by atoms with Crippen LogP contribution in [0.3, 0.4) is 0 Å². The third kappa shape index (κ3) is 4.76. The Morgan fingerprint density at radius 3 is 1.54 bits per heavy atom. The number of carbonyl (C=O) groups excluding carboxylic acids is 2. The van der Waals surface area contributed by atoms with Gasteiger partial charge < -0.3 is 10.6 Å². The fourth-order valence-electron chi connectivity index (χ4n) is 2.02. The smallest absolute Gasteiger partial charge is 0.221 e.